The van der Waals surface area contributed by atoms with Gasteiger partial charge in [-0.1, -0.05) is 0 Å². The summed E-state index contributed by atoms with van der Waals surface area (Å²) in [6.07, 6.45) is 6.18. The number of nitrogens with zero attached hydrogens (tertiary/aromatic N) is 2. The first-order valence-corrected chi connectivity index (χ1v) is 10.8. The highest BCUT2D eigenvalue weighted by Gasteiger charge is 2.25. The molecule has 2 aliphatic rings. The van der Waals surface area contributed by atoms with E-state index in [0.717, 1.165) is 51.7 Å². The Morgan fingerprint density at radius 1 is 0.897 bits per heavy atom. The lowest BCUT2D eigenvalue weighted by Crippen LogP contribution is -2.40. The minimum atomic E-state index is -0.0224. The minimum absolute atomic E-state index is 0.0224. The molecule has 2 fully saturated rings. The molecule has 2 amide bonds. The van der Waals surface area contributed by atoms with Crippen molar-refractivity contribution in [1.29, 1.82) is 0 Å². The van der Waals surface area contributed by atoms with E-state index < -0.39 is 0 Å². The zero-order valence-corrected chi connectivity index (χ0v) is 17.4. The monoisotopic (exact) mass is 400 g/mol. The van der Waals surface area contributed by atoms with Crippen LogP contribution in [0.3, 0.4) is 0 Å². The first-order valence-electron chi connectivity index (χ1n) is 10.8. The van der Waals surface area contributed by atoms with Crippen molar-refractivity contribution in [3.8, 4) is 5.75 Å². The van der Waals surface area contributed by atoms with Crippen LogP contribution in [0.5, 0.6) is 5.75 Å². The van der Waals surface area contributed by atoms with E-state index in [1.54, 1.807) is 31.4 Å². The van der Waals surface area contributed by atoms with Gasteiger partial charge in [0.15, 0.2) is 5.78 Å². The number of piperidine rings is 1. The number of hydrogen-bond donors (Lipinski definition) is 0. The summed E-state index contributed by atoms with van der Waals surface area (Å²) in [6.45, 7) is 3.27. The van der Waals surface area contributed by atoms with Crippen molar-refractivity contribution >= 4 is 17.6 Å². The maximum Gasteiger partial charge on any atom is 0.223 e. The lowest BCUT2D eigenvalue weighted by atomic mass is 9.92. The predicted octanol–water partition coefficient (Wildman–Crippen LogP) is 3.30. The van der Waals surface area contributed by atoms with Crippen molar-refractivity contribution in [1.82, 2.24) is 9.80 Å². The van der Waals surface area contributed by atoms with Gasteiger partial charge in [0.2, 0.25) is 11.8 Å². The van der Waals surface area contributed by atoms with Crippen LogP contribution in [0.2, 0.25) is 0 Å². The van der Waals surface area contributed by atoms with Crippen LogP contribution in [-0.4, -0.2) is 60.7 Å². The molecule has 3 rings (SSSR count). The number of carbonyl (C=O) groups excluding carboxylic acids is 3. The molecule has 1 atom stereocenters. The third-order valence-corrected chi connectivity index (χ3v) is 6.07. The SMILES string of the molecule is COc1ccc(C(=O)CCC(=O)N2CCCC(CCC(=O)N3CCCC3)C2)cc1. The van der Waals surface area contributed by atoms with Crippen LogP contribution in [0.4, 0.5) is 0 Å². The first-order chi connectivity index (χ1) is 14.1. The van der Waals surface area contributed by atoms with Crippen LogP contribution in [0.15, 0.2) is 24.3 Å². The molecule has 0 saturated carbocycles. The van der Waals surface area contributed by atoms with Crippen LogP contribution in [0, 0.1) is 5.92 Å². The lowest BCUT2D eigenvalue weighted by molar-refractivity contribution is -0.133. The van der Waals surface area contributed by atoms with E-state index in [2.05, 4.69) is 0 Å². The molecule has 2 aliphatic heterocycles. The topological polar surface area (TPSA) is 66.9 Å². The molecule has 0 aromatic heterocycles. The number of ether oxygens (including phenoxy) is 1. The molecular formula is C23H32N2O4. The van der Waals surface area contributed by atoms with E-state index in [4.69, 9.17) is 4.74 Å². The number of ketones is 1. The van der Waals surface area contributed by atoms with Gasteiger partial charge in [0.1, 0.15) is 5.75 Å². The summed E-state index contributed by atoms with van der Waals surface area (Å²) in [4.78, 5) is 41.1. The van der Waals surface area contributed by atoms with Gasteiger partial charge in [0.05, 0.1) is 7.11 Å². The Hall–Kier alpha value is -2.37. The van der Waals surface area contributed by atoms with E-state index in [-0.39, 0.29) is 30.4 Å². The number of hydrogen-bond acceptors (Lipinski definition) is 4. The van der Waals surface area contributed by atoms with Gasteiger partial charge in [-0.3, -0.25) is 14.4 Å². The Balaban J connectivity index is 1.41. The normalized spacial score (nSPS) is 19.3. The fraction of sp³-hybridized carbons (Fsp3) is 0.609. The molecule has 0 bridgehead atoms. The van der Waals surface area contributed by atoms with Gasteiger partial charge in [-0.25, -0.2) is 0 Å². The van der Waals surface area contributed by atoms with Gasteiger partial charge < -0.3 is 14.5 Å². The van der Waals surface area contributed by atoms with Crippen LogP contribution < -0.4 is 4.74 Å². The van der Waals surface area contributed by atoms with E-state index in [1.165, 1.54) is 0 Å². The van der Waals surface area contributed by atoms with Crippen molar-refractivity contribution in [3.63, 3.8) is 0 Å². The second kappa shape index (κ2) is 10.4. The number of Topliss-reactive ketones (excluding diaryl/α,β-unsaturated/α-hetero) is 1. The highest BCUT2D eigenvalue weighted by Crippen LogP contribution is 2.23. The largest absolute Gasteiger partial charge is 0.497 e. The van der Waals surface area contributed by atoms with Gasteiger partial charge in [0, 0.05) is 51.0 Å². The lowest BCUT2D eigenvalue weighted by Gasteiger charge is -2.33. The van der Waals surface area contributed by atoms with Crippen LogP contribution >= 0.6 is 0 Å². The smallest absolute Gasteiger partial charge is 0.223 e. The number of amides is 2. The maximum absolute atomic E-state index is 12.6. The molecule has 0 aliphatic carbocycles. The number of methoxy groups -OCH3 is 1. The molecule has 1 aromatic rings. The summed E-state index contributed by atoms with van der Waals surface area (Å²) in [5.74, 6) is 1.38. The van der Waals surface area contributed by atoms with Gasteiger partial charge in [0.25, 0.3) is 0 Å². The third kappa shape index (κ3) is 6.05. The van der Waals surface area contributed by atoms with Gasteiger partial charge in [-0.15, -0.1) is 0 Å². The number of likely N-dealkylation sites (tertiary alicyclic amines) is 2. The second-order valence-corrected chi connectivity index (χ2v) is 8.13. The van der Waals surface area contributed by atoms with Crippen molar-refractivity contribution in [3.05, 3.63) is 29.8 Å². The van der Waals surface area contributed by atoms with Crippen molar-refractivity contribution in [2.75, 3.05) is 33.3 Å². The number of rotatable bonds is 8. The zero-order chi connectivity index (χ0) is 20.6. The van der Waals surface area contributed by atoms with Crippen molar-refractivity contribution < 1.29 is 19.1 Å². The highest BCUT2D eigenvalue weighted by molar-refractivity contribution is 5.98. The summed E-state index contributed by atoms with van der Waals surface area (Å²) in [6, 6.07) is 6.99. The molecule has 6 heteroatoms. The molecule has 2 heterocycles. The first kappa shape index (κ1) is 21.3. The fourth-order valence-electron chi connectivity index (χ4n) is 4.28. The predicted molar refractivity (Wildman–Crippen MR) is 111 cm³/mol. The van der Waals surface area contributed by atoms with Crippen LogP contribution in [0.1, 0.15) is 61.7 Å². The Morgan fingerprint density at radius 3 is 2.24 bits per heavy atom. The Labute approximate surface area is 173 Å². The standard InChI is InChI=1S/C23H32N2O4/c1-29-20-9-7-19(8-10-20)21(26)11-13-23(28)25-16-4-5-18(17-25)6-12-22(27)24-14-2-3-15-24/h7-10,18H,2-6,11-17H2,1H3. The van der Waals surface area contributed by atoms with E-state index in [1.807, 2.05) is 9.80 Å². The summed E-state index contributed by atoms with van der Waals surface area (Å²) in [5, 5.41) is 0. The Kier molecular flexibility index (Phi) is 7.67. The third-order valence-electron chi connectivity index (χ3n) is 6.07. The molecule has 29 heavy (non-hydrogen) atoms. The average molecular weight is 401 g/mol. The Bertz CT molecular complexity index is 710. The van der Waals surface area contributed by atoms with Crippen molar-refractivity contribution in [2.45, 2.75) is 51.4 Å². The molecule has 0 radical (unpaired) electrons. The van der Waals surface area contributed by atoms with Gasteiger partial charge in [-0.05, 0) is 62.3 Å². The summed E-state index contributed by atoms with van der Waals surface area (Å²) in [7, 11) is 1.59. The van der Waals surface area contributed by atoms with Crippen molar-refractivity contribution in [2.24, 2.45) is 5.92 Å². The van der Waals surface area contributed by atoms with Crippen LogP contribution in [0.25, 0.3) is 0 Å². The summed E-state index contributed by atoms with van der Waals surface area (Å²) >= 11 is 0. The van der Waals surface area contributed by atoms with E-state index >= 15 is 0 Å². The number of carbonyl (C=O) groups is 3. The number of benzene rings is 1. The molecule has 0 N–H and O–H groups in total. The zero-order valence-electron chi connectivity index (χ0n) is 17.4. The second-order valence-electron chi connectivity index (χ2n) is 8.13. The molecule has 1 unspecified atom stereocenters. The van der Waals surface area contributed by atoms with E-state index in [0.29, 0.717) is 30.2 Å². The summed E-state index contributed by atoms with van der Waals surface area (Å²) in [5.41, 5.74) is 0.607. The minimum Gasteiger partial charge on any atom is -0.497 e. The highest BCUT2D eigenvalue weighted by atomic mass is 16.5. The molecular weight excluding hydrogens is 368 g/mol. The van der Waals surface area contributed by atoms with Gasteiger partial charge >= 0.3 is 0 Å². The Morgan fingerprint density at radius 2 is 1.55 bits per heavy atom. The molecule has 0 spiro atoms. The maximum atomic E-state index is 12.6. The van der Waals surface area contributed by atoms with Crippen LogP contribution in [-0.2, 0) is 9.59 Å². The molecule has 1 aromatic carbocycles. The quantitative estimate of drug-likeness (QED) is 0.628. The molecule has 2 saturated heterocycles. The van der Waals surface area contributed by atoms with E-state index in [9.17, 15) is 14.4 Å². The van der Waals surface area contributed by atoms with Gasteiger partial charge in [-0.2, -0.15) is 0 Å². The molecule has 6 nitrogen and oxygen atoms in total. The fourth-order valence-corrected chi connectivity index (χ4v) is 4.28. The average Bonchev–Trinajstić information content (AvgIpc) is 3.31. The summed E-state index contributed by atoms with van der Waals surface area (Å²) < 4.78 is 5.10. The molecule has 158 valence electrons.